The molecule has 1 rings (SSSR count). The van der Waals surface area contributed by atoms with Gasteiger partial charge < -0.3 is 15.5 Å². The molecule has 2 N–H and O–H groups in total. The Morgan fingerprint density at radius 2 is 1.69 bits per heavy atom. The summed E-state index contributed by atoms with van der Waals surface area (Å²) in [7, 11) is 2.06. The summed E-state index contributed by atoms with van der Waals surface area (Å²) >= 11 is 0. The first kappa shape index (κ1) is 12.4. The van der Waals surface area contributed by atoms with Crippen LogP contribution < -0.4 is 5.73 Å². The van der Waals surface area contributed by atoms with E-state index in [9.17, 15) is 4.79 Å². The van der Waals surface area contributed by atoms with E-state index >= 15 is 0 Å². The van der Waals surface area contributed by atoms with E-state index < -0.39 is 0 Å². The lowest BCUT2D eigenvalue weighted by Crippen LogP contribution is -2.48. The monoisotopic (exact) mass is 187 g/mol. The van der Waals surface area contributed by atoms with E-state index in [1.165, 1.54) is 0 Å². The summed E-state index contributed by atoms with van der Waals surface area (Å²) in [6.45, 7) is 7.72. The summed E-state index contributed by atoms with van der Waals surface area (Å²) in [5, 5.41) is 0. The SMILES string of the molecule is CC.CN1CCN(C(=O)CN)CC1. The quantitative estimate of drug-likeness (QED) is 0.615. The van der Waals surface area contributed by atoms with Crippen molar-refractivity contribution in [1.82, 2.24) is 9.80 Å². The van der Waals surface area contributed by atoms with Crippen LogP contribution in [0.4, 0.5) is 0 Å². The van der Waals surface area contributed by atoms with Crippen LogP contribution in [0.25, 0.3) is 0 Å². The second-order valence-corrected chi connectivity index (χ2v) is 2.89. The summed E-state index contributed by atoms with van der Waals surface area (Å²) in [5.74, 6) is 0.0677. The Morgan fingerprint density at radius 3 is 2.08 bits per heavy atom. The highest BCUT2D eigenvalue weighted by Gasteiger charge is 2.16. The molecule has 1 fully saturated rings. The first-order valence-electron chi connectivity index (χ1n) is 4.90. The molecule has 1 aliphatic heterocycles. The number of carbonyl (C=O) groups excluding carboxylic acids is 1. The number of nitrogens with zero attached hydrogens (tertiary/aromatic N) is 2. The topological polar surface area (TPSA) is 49.6 Å². The minimum absolute atomic E-state index is 0.0677. The smallest absolute Gasteiger partial charge is 0.236 e. The fraction of sp³-hybridized carbons (Fsp3) is 0.889. The maximum absolute atomic E-state index is 11.1. The average molecular weight is 187 g/mol. The van der Waals surface area contributed by atoms with Crippen LogP contribution in [0.3, 0.4) is 0 Å². The van der Waals surface area contributed by atoms with E-state index in [-0.39, 0.29) is 12.5 Å². The molecule has 4 nitrogen and oxygen atoms in total. The van der Waals surface area contributed by atoms with Gasteiger partial charge in [0.1, 0.15) is 0 Å². The molecule has 0 aliphatic carbocycles. The van der Waals surface area contributed by atoms with Crippen molar-refractivity contribution in [3.05, 3.63) is 0 Å². The van der Waals surface area contributed by atoms with Crippen LogP contribution in [0, 0.1) is 0 Å². The molecule has 1 saturated heterocycles. The van der Waals surface area contributed by atoms with Crippen LogP contribution in [0.1, 0.15) is 13.8 Å². The van der Waals surface area contributed by atoms with E-state index in [4.69, 9.17) is 5.73 Å². The molecule has 0 unspecified atom stereocenters. The van der Waals surface area contributed by atoms with Crippen molar-refractivity contribution in [2.45, 2.75) is 13.8 Å². The van der Waals surface area contributed by atoms with Crippen LogP contribution in [0.15, 0.2) is 0 Å². The Morgan fingerprint density at radius 1 is 1.23 bits per heavy atom. The van der Waals surface area contributed by atoms with Gasteiger partial charge in [-0.3, -0.25) is 4.79 Å². The molecule has 1 amide bonds. The molecular weight excluding hydrogens is 166 g/mol. The van der Waals surface area contributed by atoms with Gasteiger partial charge >= 0.3 is 0 Å². The summed E-state index contributed by atoms with van der Waals surface area (Å²) in [4.78, 5) is 15.1. The minimum atomic E-state index is 0.0677. The van der Waals surface area contributed by atoms with Gasteiger partial charge in [0, 0.05) is 26.2 Å². The number of hydrogen-bond donors (Lipinski definition) is 1. The molecule has 4 heteroatoms. The molecule has 13 heavy (non-hydrogen) atoms. The van der Waals surface area contributed by atoms with Crippen molar-refractivity contribution in [3.63, 3.8) is 0 Å². The van der Waals surface area contributed by atoms with E-state index in [0.717, 1.165) is 26.2 Å². The number of carbonyl (C=O) groups is 1. The Bertz CT molecular complexity index is 142. The predicted octanol–water partition coefficient (Wildman–Crippen LogP) is -0.255. The maximum Gasteiger partial charge on any atom is 0.236 e. The van der Waals surface area contributed by atoms with Gasteiger partial charge in [-0.05, 0) is 7.05 Å². The molecule has 0 spiro atoms. The normalized spacial score (nSPS) is 17.7. The van der Waals surface area contributed by atoms with Gasteiger partial charge in [-0.15, -0.1) is 0 Å². The largest absolute Gasteiger partial charge is 0.339 e. The van der Waals surface area contributed by atoms with E-state index in [2.05, 4.69) is 11.9 Å². The molecule has 78 valence electrons. The summed E-state index contributed by atoms with van der Waals surface area (Å²) in [6.07, 6.45) is 0. The van der Waals surface area contributed by atoms with E-state index in [1.54, 1.807) is 0 Å². The van der Waals surface area contributed by atoms with Gasteiger partial charge in [0.15, 0.2) is 0 Å². The molecule has 1 heterocycles. The average Bonchev–Trinajstić information content (AvgIpc) is 2.21. The zero-order valence-corrected chi connectivity index (χ0v) is 8.92. The standard InChI is InChI=1S/C7H15N3O.C2H6/c1-9-2-4-10(5-3-9)7(11)6-8;1-2/h2-6,8H2,1H3;1-2H3. The number of likely N-dealkylation sites (N-methyl/N-ethyl adjacent to an activating group) is 1. The Labute approximate surface area is 80.7 Å². The number of rotatable bonds is 1. The Balaban J connectivity index is 0.000000671. The van der Waals surface area contributed by atoms with Crippen molar-refractivity contribution < 1.29 is 4.79 Å². The lowest BCUT2D eigenvalue weighted by molar-refractivity contribution is -0.131. The molecule has 0 radical (unpaired) electrons. The fourth-order valence-electron chi connectivity index (χ4n) is 1.18. The van der Waals surface area contributed by atoms with Gasteiger partial charge in [0.2, 0.25) is 5.91 Å². The molecule has 0 atom stereocenters. The van der Waals surface area contributed by atoms with Crippen molar-refractivity contribution >= 4 is 5.91 Å². The highest BCUT2D eigenvalue weighted by molar-refractivity contribution is 5.78. The van der Waals surface area contributed by atoms with E-state index in [1.807, 2.05) is 18.7 Å². The van der Waals surface area contributed by atoms with Crippen molar-refractivity contribution in [3.8, 4) is 0 Å². The third-order valence-electron chi connectivity index (χ3n) is 2.03. The lowest BCUT2D eigenvalue weighted by atomic mass is 10.3. The zero-order valence-electron chi connectivity index (χ0n) is 8.92. The third kappa shape index (κ3) is 4.24. The number of nitrogens with two attached hydrogens (primary N) is 1. The van der Waals surface area contributed by atoms with Gasteiger partial charge in [0.25, 0.3) is 0 Å². The molecule has 1 aliphatic rings. The summed E-state index contributed by atoms with van der Waals surface area (Å²) < 4.78 is 0. The van der Waals surface area contributed by atoms with Crippen LogP contribution in [0.5, 0.6) is 0 Å². The molecule has 0 aromatic rings. The van der Waals surface area contributed by atoms with Crippen LogP contribution in [0.2, 0.25) is 0 Å². The number of hydrogen-bond acceptors (Lipinski definition) is 3. The summed E-state index contributed by atoms with van der Waals surface area (Å²) in [6, 6.07) is 0. The second-order valence-electron chi connectivity index (χ2n) is 2.89. The van der Waals surface area contributed by atoms with Crippen LogP contribution >= 0.6 is 0 Å². The lowest BCUT2D eigenvalue weighted by Gasteiger charge is -2.32. The number of piperazine rings is 1. The molecule has 0 aromatic heterocycles. The van der Waals surface area contributed by atoms with Gasteiger partial charge in [0.05, 0.1) is 6.54 Å². The number of amides is 1. The molecule has 0 aromatic carbocycles. The first-order chi connectivity index (χ1) is 6.24. The molecular formula is C9H21N3O. The van der Waals surface area contributed by atoms with Crippen molar-refractivity contribution in [1.29, 1.82) is 0 Å². The fourth-order valence-corrected chi connectivity index (χ4v) is 1.18. The van der Waals surface area contributed by atoms with E-state index in [0.29, 0.717) is 0 Å². The minimum Gasteiger partial charge on any atom is -0.339 e. The Kier molecular flexibility index (Phi) is 6.54. The Hall–Kier alpha value is -0.610. The zero-order chi connectivity index (χ0) is 10.3. The van der Waals surface area contributed by atoms with Crippen LogP contribution in [-0.4, -0.2) is 55.5 Å². The predicted molar refractivity (Wildman–Crippen MR) is 54.5 cm³/mol. The van der Waals surface area contributed by atoms with Gasteiger partial charge in [-0.1, -0.05) is 13.8 Å². The van der Waals surface area contributed by atoms with Crippen molar-refractivity contribution in [2.24, 2.45) is 5.73 Å². The van der Waals surface area contributed by atoms with Crippen molar-refractivity contribution in [2.75, 3.05) is 39.8 Å². The molecule has 0 saturated carbocycles. The van der Waals surface area contributed by atoms with Gasteiger partial charge in [-0.2, -0.15) is 0 Å². The van der Waals surface area contributed by atoms with Crippen LogP contribution in [-0.2, 0) is 4.79 Å². The molecule has 0 bridgehead atoms. The maximum atomic E-state index is 11.1. The van der Waals surface area contributed by atoms with Gasteiger partial charge in [-0.25, -0.2) is 0 Å². The highest BCUT2D eigenvalue weighted by atomic mass is 16.2. The highest BCUT2D eigenvalue weighted by Crippen LogP contribution is 1.98. The summed E-state index contributed by atoms with van der Waals surface area (Å²) in [5.41, 5.74) is 5.23. The second kappa shape index (κ2) is 6.86. The first-order valence-corrected chi connectivity index (χ1v) is 4.90. The third-order valence-corrected chi connectivity index (χ3v) is 2.03.